The van der Waals surface area contributed by atoms with Crippen molar-refractivity contribution in [2.24, 2.45) is 0 Å². The summed E-state index contributed by atoms with van der Waals surface area (Å²) in [6.45, 7) is 9.25. The molecule has 0 spiro atoms. The number of rotatable bonds is 3. The third kappa shape index (κ3) is 5.76. The molecule has 5 heteroatoms. The minimum Gasteiger partial charge on any atom is -0.497 e. The van der Waals surface area contributed by atoms with Crippen LogP contribution in [0.15, 0.2) is 55.5 Å². The highest BCUT2D eigenvalue weighted by Gasteiger charge is 2.04. The van der Waals surface area contributed by atoms with E-state index in [-0.39, 0.29) is 7.43 Å². The smallest absolute Gasteiger partial charge is 0.158 e. The quantitative estimate of drug-likeness (QED) is 0.617. The lowest BCUT2D eigenvalue weighted by atomic mass is 10.3. The molecule has 3 aromatic rings. The number of benzene rings is 1. The van der Waals surface area contributed by atoms with E-state index in [1.165, 1.54) is 0 Å². The molecule has 5 nitrogen and oxygen atoms in total. The van der Waals surface area contributed by atoms with Gasteiger partial charge in [0.2, 0.25) is 0 Å². The van der Waals surface area contributed by atoms with Crippen molar-refractivity contribution in [2.45, 2.75) is 28.2 Å². The molecular formula is C19H28N4O. The number of fused-ring (bicyclic) bond motifs is 1. The predicted molar refractivity (Wildman–Crippen MR) is 104 cm³/mol. The second kappa shape index (κ2) is 11.7. The summed E-state index contributed by atoms with van der Waals surface area (Å²) in [5.41, 5.74) is 2.74. The highest BCUT2D eigenvalue weighted by atomic mass is 16.5. The number of nitrogens with zero attached hydrogens (tertiary/aromatic N) is 2. The summed E-state index contributed by atoms with van der Waals surface area (Å²) in [5.74, 6) is 1.59. The number of nitrogens with one attached hydrogen (secondary N) is 2. The van der Waals surface area contributed by atoms with Gasteiger partial charge in [-0.05, 0) is 37.3 Å². The van der Waals surface area contributed by atoms with E-state index in [1.807, 2.05) is 57.3 Å². The first kappa shape index (κ1) is 21.2. The molecule has 3 rings (SSSR count). The number of allylic oxidation sites excluding steroid dienone is 1. The van der Waals surface area contributed by atoms with Crippen molar-refractivity contribution < 1.29 is 4.74 Å². The predicted octanol–water partition coefficient (Wildman–Crippen LogP) is 5.56. The van der Waals surface area contributed by atoms with Crippen molar-refractivity contribution in [3.8, 4) is 5.75 Å². The third-order valence-electron chi connectivity index (χ3n) is 2.70. The third-order valence-corrected chi connectivity index (χ3v) is 2.70. The van der Waals surface area contributed by atoms with Gasteiger partial charge < -0.3 is 15.0 Å². The molecule has 0 aliphatic heterocycles. The van der Waals surface area contributed by atoms with Crippen LogP contribution in [0, 0.1) is 0 Å². The van der Waals surface area contributed by atoms with Gasteiger partial charge in [-0.2, -0.15) is 0 Å². The Balaban J connectivity index is 0.000000799. The van der Waals surface area contributed by atoms with Gasteiger partial charge in [0.25, 0.3) is 0 Å². The number of ether oxygens (including phenoxy) is 1. The van der Waals surface area contributed by atoms with Crippen molar-refractivity contribution in [1.82, 2.24) is 15.0 Å². The number of methoxy groups -OCH3 is 1. The number of hydrogen-bond acceptors (Lipinski definition) is 4. The standard InChI is InChI=1S/C13H12N4O.C3H6.C2H6.CH4/c1-18-10-4-2-9(3-5-10)17-13-12-11(6-7-14-12)15-8-16-13;1-3-2;1-2;/h2-8,14H,1H3,(H,15,16,17);3H,1H2,2H3;1-2H3;1H4. The van der Waals surface area contributed by atoms with Crippen molar-refractivity contribution in [2.75, 3.05) is 12.4 Å². The van der Waals surface area contributed by atoms with E-state index in [9.17, 15) is 0 Å². The molecule has 0 bridgehead atoms. The average Bonchev–Trinajstić information content (AvgIpc) is 3.08. The van der Waals surface area contributed by atoms with E-state index in [0.29, 0.717) is 0 Å². The Bertz CT molecular complexity index is 705. The first-order valence-corrected chi connectivity index (χ1v) is 7.54. The van der Waals surface area contributed by atoms with Crippen molar-refractivity contribution in [3.63, 3.8) is 0 Å². The molecule has 0 saturated heterocycles. The maximum absolute atomic E-state index is 5.12. The van der Waals surface area contributed by atoms with Crippen LogP contribution in [0.4, 0.5) is 11.5 Å². The molecule has 2 aromatic heterocycles. The molecule has 0 amide bonds. The Labute approximate surface area is 144 Å². The Hall–Kier alpha value is -2.82. The molecule has 0 fully saturated rings. The molecule has 24 heavy (non-hydrogen) atoms. The van der Waals surface area contributed by atoms with E-state index >= 15 is 0 Å². The zero-order chi connectivity index (χ0) is 17.1. The van der Waals surface area contributed by atoms with Crippen LogP contribution >= 0.6 is 0 Å². The summed E-state index contributed by atoms with van der Waals surface area (Å²) >= 11 is 0. The summed E-state index contributed by atoms with van der Waals surface area (Å²) < 4.78 is 5.12. The van der Waals surface area contributed by atoms with Gasteiger partial charge in [-0.3, -0.25) is 0 Å². The summed E-state index contributed by atoms with van der Waals surface area (Å²) in [5, 5.41) is 3.25. The van der Waals surface area contributed by atoms with Crippen molar-refractivity contribution >= 4 is 22.5 Å². The monoisotopic (exact) mass is 328 g/mol. The van der Waals surface area contributed by atoms with Crippen LogP contribution in [0.2, 0.25) is 0 Å². The fraction of sp³-hybridized carbons (Fsp3) is 0.263. The van der Waals surface area contributed by atoms with E-state index in [1.54, 1.807) is 19.5 Å². The SMILES string of the molecule is C.C=CC.CC.COc1ccc(Nc2ncnc3cc[nH]c23)cc1. The number of aromatic nitrogens is 3. The summed E-state index contributed by atoms with van der Waals surface area (Å²) in [6.07, 6.45) is 5.14. The molecule has 0 aliphatic carbocycles. The van der Waals surface area contributed by atoms with Crippen molar-refractivity contribution in [3.05, 3.63) is 55.5 Å². The maximum atomic E-state index is 5.12. The normalized spacial score (nSPS) is 8.67. The minimum atomic E-state index is 0. The van der Waals surface area contributed by atoms with Gasteiger partial charge in [-0.1, -0.05) is 27.4 Å². The minimum absolute atomic E-state index is 0. The van der Waals surface area contributed by atoms with Crippen molar-refractivity contribution in [1.29, 1.82) is 0 Å². The molecular weight excluding hydrogens is 300 g/mol. The Morgan fingerprint density at radius 3 is 2.33 bits per heavy atom. The average molecular weight is 328 g/mol. The fourth-order valence-electron chi connectivity index (χ4n) is 1.78. The summed E-state index contributed by atoms with van der Waals surface area (Å²) in [4.78, 5) is 11.5. The Kier molecular flexibility index (Phi) is 10.3. The van der Waals surface area contributed by atoms with Gasteiger partial charge >= 0.3 is 0 Å². The number of hydrogen-bond donors (Lipinski definition) is 2. The van der Waals surface area contributed by atoms with Crippen LogP contribution < -0.4 is 10.1 Å². The Morgan fingerprint density at radius 1 is 1.12 bits per heavy atom. The second-order valence-corrected chi connectivity index (χ2v) is 4.22. The molecule has 0 unspecified atom stereocenters. The highest BCUT2D eigenvalue weighted by molar-refractivity contribution is 5.87. The molecule has 0 radical (unpaired) electrons. The van der Waals surface area contributed by atoms with Gasteiger partial charge in [-0.15, -0.1) is 6.58 Å². The van der Waals surface area contributed by atoms with E-state index in [2.05, 4.69) is 26.8 Å². The molecule has 0 atom stereocenters. The molecule has 0 saturated carbocycles. The lowest BCUT2D eigenvalue weighted by Gasteiger charge is -2.07. The van der Waals surface area contributed by atoms with Gasteiger partial charge in [0.15, 0.2) is 5.82 Å². The van der Waals surface area contributed by atoms with Gasteiger partial charge in [-0.25, -0.2) is 9.97 Å². The first-order chi connectivity index (χ1) is 11.3. The number of anilines is 2. The molecule has 1 aromatic carbocycles. The van der Waals surface area contributed by atoms with Crippen LogP contribution in [-0.2, 0) is 0 Å². The molecule has 2 heterocycles. The fourth-order valence-corrected chi connectivity index (χ4v) is 1.78. The van der Waals surface area contributed by atoms with Crippen LogP contribution in [-0.4, -0.2) is 22.1 Å². The second-order valence-electron chi connectivity index (χ2n) is 4.22. The van der Waals surface area contributed by atoms with E-state index in [0.717, 1.165) is 28.3 Å². The lowest BCUT2D eigenvalue weighted by Crippen LogP contribution is -1.95. The zero-order valence-electron chi connectivity index (χ0n) is 14.1. The van der Waals surface area contributed by atoms with E-state index < -0.39 is 0 Å². The van der Waals surface area contributed by atoms with Gasteiger partial charge in [0.1, 0.15) is 17.6 Å². The Morgan fingerprint density at radius 2 is 1.75 bits per heavy atom. The molecule has 130 valence electrons. The largest absolute Gasteiger partial charge is 0.497 e. The maximum Gasteiger partial charge on any atom is 0.158 e. The van der Waals surface area contributed by atoms with Crippen LogP contribution in [0.3, 0.4) is 0 Å². The number of aromatic amines is 1. The summed E-state index contributed by atoms with van der Waals surface area (Å²) in [6, 6.07) is 9.59. The van der Waals surface area contributed by atoms with Gasteiger partial charge in [0, 0.05) is 11.9 Å². The lowest BCUT2D eigenvalue weighted by molar-refractivity contribution is 0.415. The van der Waals surface area contributed by atoms with Crippen LogP contribution in [0.5, 0.6) is 5.75 Å². The molecule has 2 N–H and O–H groups in total. The van der Waals surface area contributed by atoms with Crippen LogP contribution in [0.25, 0.3) is 11.0 Å². The summed E-state index contributed by atoms with van der Waals surface area (Å²) in [7, 11) is 1.65. The zero-order valence-corrected chi connectivity index (χ0v) is 14.1. The van der Waals surface area contributed by atoms with Crippen LogP contribution in [0.1, 0.15) is 28.2 Å². The number of H-pyrrole nitrogens is 1. The topological polar surface area (TPSA) is 62.8 Å². The van der Waals surface area contributed by atoms with Gasteiger partial charge in [0.05, 0.1) is 12.6 Å². The molecule has 0 aliphatic rings. The van der Waals surface area contributed by atoms with E-state index in [4.69, 9.17) is 4.74 Å². The first-order valence-electron chi connectivity index (χ1n) is 7.54. The highest BCUT2D eigenvalue weighted by Crippen LogP contribution is 2.22.